The SMILES string of the molecule is C1=C2NCCN2CS1. The number of hydrogen-bond acceptors (Lipinski definition) is 3. The van der Waals surface area contributed by atoms with Gasteiger partial charge in [-0.3, -0.25) is 0 Å². The van der Waals surface area contributed by atoms with Crippen molar-refractivity contribution in [1.82, 2.24) is 10.2 Å². The van der Waals surface area contributed by atoms with Crippen LogP contribution in [0.2, 0.25) is 0 Å². The topological polar surface area (TPSA) is 15.3 Å². The van der Waals surface area contributed by atoms with E-state index in [0.717, 1.165) is 12.4 Å². The van der Waals surface area contributed by atoms with Crippen molar-refractivity contribution in [3.63, 3.8) is 0 Å². The van der Waals surface area contributed by atoms with Crippen molar-refractivity contribution >= 4 is 11.8 Å². The normalized spacial score (nSPS) is 25.0. The summed E-state index contributed by atoms with van der Waals surface area (Å²) in [5.74, 6) is 2.48. The number of fused-ring (bicyclic) bond motifs is 1. The zero-order valence-electron chi connectivity index (χ0n) is 4.55. The summed E-state index contributed by atoms with van der Waals surface area (Å²) in [4.78, 5) is 2.35. The average molecular weight is 128 g/mol. The molecule has 0 spiro atoms. The van der Waals surface area contributed by atoms with Crippen LogP contribution in [0.4, 0.5) is 0 Å². The van der Waals surface area contributed by atoms with Crippen LogP contribution in [0, 0.1) is 0 Å². The molecule has 0 saturated carbocycles. The van der Waals surface area contributed by atoms with Crippen LogP contribution in [0.25, 0.3) is 0 Å². The number of nitrogens with one attached hydrogen (secondary N) is 1. The Morgan fingerprint density at radius 2 is 2.75 bits per heavy atom. The van der Waals surface area contributed by atoms with Crippen LogP contribution >= 0.6 is 11.8 Å². The highest BCUT2D eigenvalue weighted by Gasteiger charge is 2.19. The average Bonchev–Trinajstić information content (AvgIpc) is 2.15. The Balaban J connectivity index is 2.20. The molecule has 8 heavy (non-hydrogen) atoms. The minimum Gasteiger partial charge on any atom is -0.370 e. The number of hydrogen-bond donors (Lipinski definition) is 1. The largest absolute Gasteiger partial charge is 0.370 e. The molecule has 2 aliphatic rings. The highest BCUT2D eigenvalue weighted by molar-refractivity contribution is 8.02. The second-order valence-corrected chi connectivity index (χ2v) is 2.82. The molecule has 0 bridgehead atoms. The van der Waals surface area contributed by atoms with Gasteiger partial charge in [-0.15, -0.1) is 11.8 Å². The predicted octanol–water partition coefficient (Wildman–Crippen LogP) is 0.395. The van der Waals surface area contributed by atoms with Crippen LogP contribution < -0.4 is 5.32 Å². The smallest absolute Gasteiger partial charge is 0.109 e. The summed E-state index contributed by atoms with van der Waals surface area (Å²) in [6.07, 6.45) is 0. The maximum Gasteiger partial charge on any atom is 0.109 e. The molecule has 0 atom stereocenters. The van der Waals surface area contributed by atoms with Gasteiger partial charge in [0.1, 0.15) is 5.82 Å². The molecule has 3 heteroatoms. The summed E-state index contributed by atoms with van der Waals surface area (Å²) in [6, 6.07) is 0. The summed E-state index contributed by atoms with van der Waals surface area (Å²) in [5, 5.41) is 5.47. The lowest BCUT2D eigenvalue weighted by atomic mass is 10.6. The molecule has 2 nitrogen and oxygen atoms in total. The fraction of sp³-hybridized carbons (Fsp3) is 0.600. The highest BCUT2D eigenvalue weighted by atomic mass is 32.2. The van der Waals surface area contributed by atoms with E-state index in [-0.39, 0.29) is 0 Å². The molecule has 2 heterocycles. The number of rotatable bonds is 0. The van der Waals surface area contributed by atoms with Crippen molar-refractivity contribution in [2.45, 2.75) is 0 Å². The molecule has 0 radical (unpaired) electrons. The van der Waals surface area contributed by atoms with Crippen LogP contribution in [-0.4, -0.2) is 23.9 Å². The second-order valence-electron chi connectivity index (χ2n) is 1.99. The van der Waals surface area contributed by atoms with Gasteiger partial charge in [-0.2, -0.15) is 0 Å². The maximum absolute atomic E-state index is 3.28. The lowest BCUT2D eigenvalue weighted by Gasteiger charge is -2.08. The molecule has 1 N–H and O–H groups in total. The van der Waals surface area contributed by atoms with E-state index in [2.05, 4.69) is 15.6 Å². The predicted molar refractivity (Wildman–Crippen MR) is 35.2 cm³/mol. The van der Waals surface area contributed by atoms with Gasteiger partial charge < -0.3 is 10.2 Å². The first-order valence-corrected chi connectivity index (χ1v) is 3.82. The Morgan fingerprint density at radius 3 is 3.62 bits per heavy atom. The lowest BCUT2D eigenvalue weighted by molar-refractivity contribution is 0.475. The Morgan fingerprint density at radius 1 is 1.75 bits per heavy atom. The molecule has 44 valence electrons. The molecule has 1 saturated heterocycles. The highest BCUT2D eigenvalue weighted by Crippen LogP contribution is 2.22. The molecule has 2 rings (SSSR count). The fourth-order valence-electron chi connectivity index (χ4n) is 1.01. The van der Waals surface area contributed by atoms with E-state index in [1.807, 2.05) is 11.8 Å². The Bertz CT molecular complexity index is 132. The van der Waals surface area contributed by atoms with E-state index in [9.17, 15) is 0 Å². The molecule has 1 fully saturated rings. The minimum absolute atomic E-state index is 1.13. The summed E-state index contributed by atoms with van der Waals surface area (Å²) >= 11 is 1.87. The standard InChI is InChI=1S/C5H8N2S/c1-2-7-4-8-3-5(7)6-1/h3,6H,1-2,4H2. The van der Waals surface area contributed by atoms with Gasteiger partial charge in [0.15, 0.2) is 0 Å². The first kappa shape index (κ1) is 4.56. The number of nitrogens with zero attached hydrogens (tertiary/aromatic N) is 1. The quantitative estimate of drug-likeness (QED) is 0.508. The number of thioether (sulfide) groups is 1. The van der Waals surface area contributed by atoms with Gasteiger partial charge in [-0.1, -0.05) is 0 Å². The third kappa shape index (κ3) is 0.508. The van der Waals surface area contributed by atoms with Crippen molar-refractivity contribution in [2.24, 2.45) is 0 Å². The molecule has 2 aliphatic heterocycles. The van der Waals surface area contributed by atoms with Crippen molar-refractivity contribution in [1.29, 1.82) is 0 Å². The molecule has 0 amide bonds. The molecular formula is C5H8N2S. The zero-order valence-corrected chi connectivity index (χ0v) is 5.37. The molecular weight excluding hydrogens is 120 g/mol. The van der Waals surface area contributed by atoms with Crippen molar-refractivity contribution < 1.29 is 0 Å². The van der Waals surface area contributed by atoms with Crippen molar-refractivity contribution in [3.05, 3.63) is 11.2 Å². The molecule has 0 aromatic carbocycles. The second kappa shape index (κ2) is 1.58. The summed E-state index contributed by atoms with van der Waals surface area (Å²) < 4.78 is 0. The van der Waals surface area contributed by atoms with Gasteiger partial charge >= 0.3 is 0 Å². The Labute approximate surface area is 52.9 Å². The van der Waals surface area contributed by atoms with Gasteiger partial charge in [0.25, 0.3) is 0 Å². The monoisotopic (exact) mass is 128 g/mol. The van der Waals surface area contributed by atoms with Gasteiger partial charge in [0.05, 0.1) is 5.88 Å². The minimum atomic E-state index is 1.13. The van der Waals surface area contributed by atoms with E-state index in [0.29, 0.717) is 0 Å². The van der Waals surface area contributed by atoms with Gasteiger partial charge in [0, 0.05) is 18.5 Å². The first-order valence-electron chi connectivity index (χ1n) is 2.77. The van der Waals surface area contributed by atoms with Crippen LogP contribution in [0.3, 0.4) is 0 Å². The summed E-state index contributed by atoms with van der Waals surface area (Å²) in [5.41, 5.74) is 0. The molecule has 0 aromatic rings. The van der Waals surface area contributed by atoms with Crippen molar-refractivity contribution in [3.8, 4) is 0 Å². The zero-order chi connectivity index (χ0) is 5.40. The maximum atomic E-state index is 3.28. The van der Waals surface area contributed by atoms with Gasteiger partial charge in [0.2, 0.25) is 0 Å². The van der Waals surface area contributed by atoms with E-state index in [1.54, 1.807) is 0 Å². The van der Waals surface area contributed by atoms with Crippen molar-refractivity contribution in [2.75, 3.05) is 19.0 Å². The third-order valence-electron chi connectivity index (χ3n) is 1.45. The van der Waals surface area contributed by atoms with Crippen LogP contribution in [0.1, 0.15) is 0 Å². The third-order valence-corrected chi connectivity index (χ3v) is 2.30. The van der Waals surface area contributed by atoms with E-state index >= 15 is 0 Å². The Kier molecular flexibility index (Phi) is 0.903. The molecule has 0 aliphatic carbocycles. The lowest BCUT2D eigenvalue weighted by Crippen LogP contribution is -2.13. The van der Waals surface area contributed by atoms with Crippen LogP contribution in [0.15, 0.2) is 11.2 Å². The van der Waals surface area contributed by atoms with Crippen LogP contribution in [-0.2, 0) is 0 Å². The molecule has 0 unspecified atom stereocenters. The van der Waals surface area contributed by atoms with Gasteiger partial charge in [-0.25, -0.2) is 0 Å². The van der Waals surface area contributed by atoms with Crippen LogP contribution in [0.5, 0.6) is 0 Å². The van der Waals surface area contributed by atoms with E-state index in [1.165, 1.54) is 12.4 Å². The fourth-order valence-corrected chi connectivity index (χ4v) is 1.92. The summed E-state index contributed by atoms with van der Waals surface area (Å²) in [7, 11) is 0. The first-order chi connectivity index (χ1) is 3.97. The summed E-state index contributed by atoms with van der Waals surface area (Å²) in [6.45, 7) is 2.32. The van der Waals surface area contributed by atoms with Gasteiger partial charge in [-0.05, 0) is 0 Å². The Hall–Kier alpha value is -0.310. The van der Waals surface area contributed by atoms with E-state index < -0.39 is 0 Å². The van der Waals surface area contributed by atoms with E-state index in [4.69, 9.17) is 0 Å². The molecule has 0 aromatic heterocycles.